The molecule has 0 fully saturated rings. The number of nitrogens with zero attached hydrogens (tertiary/aromatic N) is 3. The molecule has 2 aromatic heterocycles. The summed E-state index contributed by atoms with van der Waals surface area (Å²) in [5.74, 6) is 2.29. The van der Waals surface area contributed by atoms with Crippen molar-refractivity contribution in [3.8, 4) is 28.8 Å². The Bertz CT molecular complexity index is 1220. The molecule has 0 bridgehead atoms. The summed E-state index contributed by atoms with van der Waals surface area (Å²) in [6.45, 7) is 0.121. The van der Waals surface area contributed by atoms with Crippen LogP contribution in [0.1, 0.15) is 10.4 Å². The number of hydrogen-bond donors (Lipinski definition) is 1. The van der Waals surface area contributed by atoms with Crippen LogP contribution in [-0.4, -0.2) is 41.5 Å². The van der Waals surface area contributed by atoms with Crippen LogP contribution < -0.4 is 19.5 Å². The highest BCUT2D eigenvalue weighted by atomic mass is 35.5. The van der Waals surface area contributed by atoms with Crippen molar-refractivity contribution in [3.05, 3.63) is 71.4 Å². The minimum absolute atomic E-state index is 0.242. The van der Waals surface area contributed by atoms with Crippen molar-refractivity contribution in [2.45, 2.75) is 6.54 Å². The molecule has 0 aliphatic heterocycles. The molecule has 2 aromatic carbocycles. The lowest BCUT2D eigenvalue weighted by molar-refractivity contribution is 0.0824. The number of nitrogens with one attached hydrogen (secondary N) is 1. The summed E-state index contributed by atoms with van der Waals surface area (Å²) >= 11 is 5.89. The second kappa shape index (κ2) is 10.1. The zero-order valence-electron chi connectivity index (χ0n) is 17.9. The summed E-state index contributed by atoms with van der Waals surface area (Å²) in [6.07, 6.45) is 1.51. The molecule has 0 aliphatic rings. The standard InChI is InChI=1S/C23H21ClN4O5/c1-30-18-10-5-15(12-20(18)31-2)13-25-23-26-22(19-4-3-11-32-19)27-28(23)21(29)14-33-17-8-6-16(24)7-9-17/h3-12H,13-14H2,1-2H3,(H,25,26,27). The van der Waals surface area contributed by atoms with E-state index in [-0.39, 0.29) is 18.4 Å². The molecule has 0 amide bonds. The van der Waals surface area contributed by atoms with Crippen molar-refractivity contribution in [1.29, 1.82) is 0 Å². The van der Waals surface area contributed by atoms with Gasteiger partial charge in [0, 0.05) is 11.6 Å². The van der Waals surface area contributed by atoms with Gasteiger partial charge in [-0.15, -0.1) is 5.10 Å². The Kier molecular flexibility index (Phi) is 6.80. The number of methoxy groups -OCH3 is 2. The average molecular weight is 469 g/mol. The van der Waals surface area contributed by atoms with E-state index in [0.717, 1.165) is 10.2 Å². The molecule has 1 N–H and O–H groups in total. The number of aromatic nitrogens is 3. The lowest BCUT2D eigenvalue weighted by Crippen LogP contribution is -2.22. The molecule has 0 unspecified atom stereocenters. The zero-order chi connectivity index (χ0) is 23.2. The monoisotopic (exact) mass is 468 g/mol. The molecule has 0 aliphatic carbocycles. The Hall–Kier alpha value is -3.98. The van der Waals surface area contributed by atoms with Gasteiger partial charge >= 0.3 is 0 Å². The fourth-order valence-electron chi connectivity index (χ4n) is 3.02. The molecule has 0 radical (unpaired) electrons. The topological polar surface area (TPSA) is 101 Å². The first kappa shape index (κ1) is 22.2. The molecule has 10 heteroatoms. The van der Waals surface area contributed by atoms with Crippen LogP contribution in [0.5, 0.6) is 17.2 Å². The predicted molar refractivity (Wildman–Crippen MR) is 122 cm³/mol. The minimum Gasteiger partial charge on any atom is -0.493 e. The second-order valence-electron chi connectivity index (χ2n) is 6.83. The van der Waals surface area contributed by atoms with E-state index in [1.165, 1.54) is 6.26 Å². The number of halogens is 1. The van der Waals surface area contributed by atoms with E-state index >= 15 is 0 Å². The van der Waals surface area contributed by atoms with Gasteiger partial charge in [-0.1, -0.05) is 17.7 Å². The number of hydrogen-bond acceptors (Lipinski definition) is 8. The summed E-state index contributed by atoms with van der Waals surface area (Å²) in [7, 11) is 3.15. The third kappa shape index (κ3) is 5.27. The highest BCUT2D eigenvalue weighted by Gasteiger charge is 2.19. The first-order chi connectivity index (χ1) is 16.1. The van der Waals surface area contributed by atoms with Crippen molar-refractivity contribution in [1.82, 2.24) is 14.8 Å². The van der Waals surface area contributed by atoms with E-state index < -0.39 is 5.91 Å². The predicted octanol–water partition coefficient (Wildman–Crippen LogP) is 4.54. The Morgan fingerprint density at radius 2 is 1.88 bits per heavy atom. The smallest absolute Gasteiger partial charge is 0.287 e. The Balaban J connectivity index is 1.53. The van der Waals surface area contributed by atoms with Crippen LogP contribution in [0, 0.1) is 0 Å². The number of furan rings is 1. The lowest BCUT2D eigenvalue weighted by Gasteiger charge is -2.11. The zero-order valence-corrected chi connectivity index (χ0v) is 18.7. The van der Waals surface area contributed by atoms with E-state index in [2.05, 4.69) is 15.4 Å². The van der Waals surface area contributed by atoms with E-state index in [4.69, 9.17) is 30.2 Å². The van der Waals surface area contributed by atoms with Crippen LogP contribution in [0.4, 0.5) is 5.95 Å². The van der Waals surface area contributed by atoms with Gasteiger partial charge in [0.15, 0.2) is 23.9 Å². The van der Waals surface area contributed by atoms with Crippen LogP contribution in [0.15, 0.2) is 65.3 Å². The molecule has 2 heterocycles. The number of anilines is 1. The molecule has 4 rings (SSSR count). The molecular formula is C23H21ClN4O5. The van der Waals surface area contributed by atoms with E-state index in [1.807, 2.05) is 12.1 Å². The largest absolute Gasteiger partial charge is 0.493 e. The molecule has 0 saturated heterocycles. The van der Waals surface area contributed by atoms with Gasteiger partial charge in [0.1, 0.15) is 5.75 Å². The maximum atomic E-state index is 12.9. The van der Waals surface area contributed by atoms with E-state index in [1.54, 1.807) is 56.7 Å². The van der Waals surface area contributed by atoms with E-state index in [0.29, 0.717) is 34.6 Å². The first-order valence-corrected chi connectivity index (χ1v) is 10.3. The third-order valence-corrected chi connectivity index (χ3v) is 4.91. The van der Waals surface area contributed by atoms with Gasteiger partial charge < -0.3 is 23.9 Å². The molecular weight excluding hydrogens is 448 g/mol. The fourth-order valence-corrected chi connectivity index (χ4v) is 3.15. The highest BCUT2D eigenvalue weighted by molar-refractivity contribution is 6.30. The van der Waals surface area contributed by atoms with Gasteiger partial charge in [0.05, 0.1) is 20.5 Å². The van der Waals surface area contributed by atoms with Gasteiger partial charge in [0.25, 0.3) is 5.91 Å². The number of rotatable bonds is 9. The molecule has 4 aromatic rings. The summed E-state index contributed by atoms with van der Waals surface area (Å²) in [6, 6.07) is 15.7. The van der Waals surface area contributed by atoms with E-state index in [9.17, 15) is 4.79 Å². The SMILES string of the molecule is COc1ccc(CNc2nc(-c3ccco3)nn2C(=O)COc2ccc(Cl)cc2)cc1OC. The minimum atomic E-state index is -0.412. The normalized spacial score (nSPS) is 10.6. The molecule has 170 valence electrons. The average Bonchev–Trinajstić information content (AvgIpc) is 3.52. The maximum Gasteiger partial charge on any atom is 0.287 e. The summed E-state index contributed by atoms with van der Waals surface area (Å²) < 4.78 is 22.7. The van der Waals surface area contributed by atoms with Crippen LogP contribution in [0.3, 0.4) is 0 Å². The molecule has 0 saturated carbocycles. The summed E-state index contributed by atoms with van der Waals surface area (Å²) in [5.41, 5.74) is 0.895. The van der Waals surface area contributed by atoms with Gasteiger partial charge in [-0.25, -0.2) is 0 Å². The summed E-state index contributed by atoms with van der Waals surface area (Å²) in [5, 5.41) is 8.03. The Labute approximate surface area is 194 Å². The van der Waals surface area contributed by atoms with Gasteiger partial charge in [-0.05, 0) is 54.1 Å². The van der Waals surface area contributed by atoms with Crippen molar-refractivity contribution >= 4 is 23.5 Å². The number of carbonyl (C=O) groups excluding carboxylic acids is 1. The summed E-state index contributed by atoms with van der Waals surface area (Å²) in [4.78, 5) is 17.3. The second-order valence-corrected chi connectivity index (χ2v) is 7.26. The Morgan fingerprint density at radius 1 is 1.09 bits per heavy atom. The quantitative estimate of drug-likeness (QED) is 0.382. The third-order valence-electron chi connectivity index (χ3n) is 4.66. The van der Waals surface area contributed by atoms with Gasteiger partial charge in [-0.3, -0.25) is 4.79 Å². The van der Waals surface area contributed by atoms with Crippen molar-refractivity contribution < 1.29 is 23.4 Å². The fraction of sp³-hybridized carbons (Fsp3) is 0.174. The number of carbonyl (C=O) groups is 1. The first-order valence-electron chi connectivity index (χ1n) is 9.94. The van der Waals surface area contributed by atoms with Crippen molar-refractivity contribution in [2.24, 2.45) is 0 Å². The number of ether oxygens (including phenoxy) is 3. The van der Waals surface area contributed by atoms with Crippen LogP contribution in [0.25, 0.3) is 11.6 Å². The lowest BCUT2D eigenvalue weighted by atomic mass is 10.2. The molecule has 33 heavy (non-hydrogen) atoms. The van der Waals surface area contributed by atoms with Crippen LogP contribution in [-0.2, 0) is 6.54 Å². The molecule has 0 spiro atoms. The van der Waals surface area contributed by atoms with Crippen molar-refractivity contribution in [2.75, 3.05) is 26.1 Å². The maximum absolute atomic E-state index is 12.9. The molecule has 9 nitrogen and oxygen atoms in total. The van der Waals surface area contributed by atoms with Crippen molar-refractivity contribution in [3.63, 3.8) is 0 Å². The van der Waals surface area contributed by atoms with Crippen LogP contribution >= 0.6 is 11.6 Å². The highest BCUT2D eigenvalue weighted by Crippen LogP contribution is 2.28. The van der Waals surface area contributed by atoms with Crippen LogP contribution in [0.2, 0.25) is 5.02 Å². The number of benzene rings is 2. The molecule has 0 atom stereocenters. The Morgan fingerprint density at radius 3 is 2.58 bits per heavy atom. The van der Waals surface area contributed by atoms with Gasteiger partial charge in [-0.2, -0.15) is 9.67 Å². The van der Waals surface area contributed by atoms with Gasteiger partial charge in [0.2, 0.25) is 11.8 Å².